The van der Waals surface area contributed by atoms with E-state index in [0.717, 1.165) is 12.1 Å². The molecule has 0 unspecified atom stereocenters. The van der Waals surface area contributed by atoms with E-state index in [0.29, 0.717) is 45.7 Å². The summed E-state index contributed by atoms with van der Waals surface area (Å²) < 4.78 is 20.5. The lowest BCUT2D eigenvalue weighted by atomic mass is 9.92. The van der Waals surface area contributed by atoms with Crippen LogP contribution in [0.2, 0.25) is 0 Å². The normalized spacial score (nSPS) is 26.9. The second-order valence-electron chi connectivity index (χ2n) is 6.04. The molecule has 0 aromatic carbocycles. The Hall–Kier alpha value is -1.53. The van der Waals surface area contributed by atoms with Crippen LogP contribution in [0.3, 0.4) is 0 Å². The van der Waals surface area contributed by atoms with E-state index in [4.69, 9.17) is 4.74 Å². The molecule has 120 valence electrons. The maximum absolute atomic E-state index is 15.2. The fraction of sp³-hybridized carbons (Fsp3) is 0.625. The molecule has 1 aromatic heterocycles. The minimum absolute atomic E-state index is 0.172. The molecular formula is C16H22FN3O2. The number of rotatable bonds is 3. The predicted octanol–water partition coefficient (Wildman–Crippen LogP) is 1.24. The molecule has 0 spiro atoms. The van der Waals surface area contributed by atoms with Gasteiger partial charge in [0.15, 0.2) is 0 Å². The number of alkyl halides is 1. The summed E-state index contributed by atoms with van der Waals surface area (Å²) in [5.41, 5.74) is -0.666. The zero-order valence-electron chi connectivity index (χ0n) is 12.7. The number of carbonyl (C=O) groups is 1. The second kappa shape index (κ2) is 6.71. The first-order valence-corrected chi connectivity index (χ1v) is 7.85. The molecule has 0 radical (unpaired) electrons. The van der Waals surface area contributed by atoms with Gasteiger partial charge in [-0.3, -0.25) is 14.7 Å². The molecule has 3 rings (SSSR count). The number of likely N-dealkylation sites (tertiary alicyclic amines) is 1. The molecule has 6 heteroatoms. The Labute approximate surface area is 130 Å². The second-order valence-corrected chi connectivity index (χ2v) is 6.04. The van der Waals surface area contributed by atoms with E-state index in [2.05, 4.69) is 4.98 Å². The van der Waals surface area contributed by atoms with E-state index in [1.54, 1.807) is 17.3 Å². The number of morpholine rings is 1. The van der Waals surface area contributed by atoms with Crippen LogP contribution in [-0.4, -0.2) is 65.8 Å². The summed E-state index contributed by atoms with van der Waals surface area (Å²) in [6, 6.07) is 3.86. The van der Waals surface area contributed by atoms with Crippen LogP contribution < -0.4 is 0 Å². The number of nitrogens with zero attached hydrogens (tertiary/aromatic N) is 3. The number of hydrogen-bond acceptors (Lipinski definition) is 4. The van der Waals surface area contributed by atoms with Crippen LogP contribution >= 0.6 is 0 Å². The Morgan fingerprint density at radius 3 is 2.73 bits per heavy atom. The average Bonchev–Trinajstić information content (AvgIpc) is 2.56. The van der Waals surface area contributed by atoms with Crippen molar-refractivity contribution in [1.29, 1.82) is 0 Å². The van der Waals surface area contributed by atoms with E-state index < -0.39 is 5.67 Å². The number of pyridine rings is 1. The molecule has 2 aliphatic rings. The summed E-state index contributed by atoms with van der Waals surface area (Å²) in [6.45, 7) is 3.65. The van der Waals surface area contributed by atoms with Crippen molar-refractivity contribution >= 4 is 5.91 Å². The molecule has 2 saturated heterocycles. The van der Waals surface area contributed by atoms with Crippen molar-refractivity contribution in [2.45, 2.75) is 25.1 Å². The Kier molecular flexibility index (Phi) is 4.69. The van der Waals surface area contributed by atoms with Gasteiger partial charge < -0.3 is 9.64 Å². The standard InChI is InChI=1S/C16H22FN3O2/c17-16(15(21)20-8-10-22-11-9-20)4-1-7-19(13-16)12-14-2-5-18-6-3-14/h2-3,5-6H,1,4,7-13H2/t16-/m0/s1. The minimum atomic E-state index is -1.76. The molecule has 5 nitrogen and oxygen atoms in total. The summed E-state index contributed by atoms with van der Waals surface area (Å²) in [5, 5.41) is 0. The molecule has 0 N–H and O–H groups in total. The smallest absolute Gasteiger partial charge is 0.261 e. The van der Waals surface area contributed by atoms with Crippen LogP contribution in [0.25, 0.3) is 0 Å². The summed E-state index contributed by atoms with van der Waals surface area (Å²) in [6.07, 6.45) is 4.50. The monoisotopic (exact) mass is 307 g/mol. The van der Waals surface area contributed by atoms with E-state index in [9.17, 15) is 4.79 Å². The molecule has 0 aliphatic carbocycles. The summed E-state index contributed by atoms with van der Waals surface area (Å²) in [7, 11) is 0. The van der Waals surface area contributed by atoms with Crippen molar-refractivity contribution in [2.24, 2.45) is 0 Å². The number of aromatic nitrogens is 1. The molecule has 3 heterocycles. The van der Waals surface area contributed by atoms with Crippen LogP contribution in [0.15, 0.2) is 24.5 Å². The fourth-order valence-corrected chi connectivity index (χ4v) is 3.20. The zero-order chi connectivity index (χ0) is 15.4. The lowest BCUT2D eigenvalue weighted by Crippen LogP contribution is -2.57. The maximum Gasteiger partial charge on any atom is 0.261 e. The maximum atomic E-state index is 15.2. The van der Waals surface area contributed by atoms with Gasteiger partial charge in [0.2, 0.25) is 5.67 Å². The number of carbonyl (C=O) groups excluding carboxylic acids is 1. The van der Waals surface area contributed by atoms with Crippen LogP contribution in [0.5, 0.6) is 0 Å². The molecule has 1 atom stereocenters. The number of ether oxygens (including phenoxy) is 1. The van der Waals surface area contributed by atoms with Gasteiger partial charge in [0, 0.05) is 38.6 Å². The highest BCUT2D eigenvalue weighted by Crippen LogP contribution is 2.29. The van der Waals surface area contributed by atoms with Crippen molar-refractivity contribution in [1.82, 2.24) is 14.8 Å². The summed E-state index contributed by atoms with van der Waals surface area (Å²) in [5.74, 6) is -0.366. The molecule has 22 heavy (non-hydrogen) atoms. The van der Waals surface area contributed by atoms with Gasteiger partial charge >= 0.3 is 0 Å². The van der Waals surface area contributed by atoms with Gasteiger partial charge in [0.1, 0.15) is 0 Å². The van der Waals surface area contributed by atoms with Gasteiger partial charge in [-0.15, -0.1) is 0 Å². The highest BCUT2D eigenvalue weighted by molar-refractivity contribution is 5.85. The van der Waals surface area contributed by atoms with Gasteiger partial charge in [-0.1, -0.05) is 0 Å². The van der Waals surface area contributed by atoms with Crippen molar-refractivity contribution in [3.8, 4) is 0 Å². The number of hydrogen-bond donors (Lipinski definition) is 0. The van der Waals surface area contributed by atoms with Crippen molar-refractivity contribution in [3.63, 3.8) is 0 Å². The first-order valence-electron chi connectivity index (χ1n) is 7.85. The summed E-state index contributed by atoms with van der Waals surface area (Å²) in [4.78, 5) is 20.2. The zero-order valence-corrected chi connectivity index (χ0v) is 12.7. The number of halogens is 1. The van der Waals surface area contributed by atoms with Crippen LogP contribution in [-0.2, 0) is 16.1 Å². The third kappa shape index (κ3) is 3.44. The topological polar surface area (TPSA) is 45.7 Å². The Bertz CT molecular complexity index is 507. The summed E-state index contributed by atoms with van der Waals surface area (Å²) >= 11 is 0. The predicted molar refractivity (Wildman–Crippen MR) is 80.0 cm³/mol. The quantitative estimate of drug-likeness (QED) is 0.843. The van der Waals surface area contributed by atoms with Crippen LogP contribution in [0.1, 0.15) is 18.4 Å². The van der Waals surface area contributed by atoms with Gasteiger partial charge in [-0.2, -0.15) is 0 Å². The van der Waals surface area contributed by atoms with Gasteiger partial charge in [-0.05, 0) is 37.1 Å². The number of piperidine rings is 1. The van der Waals surface area contributed by atoms with E-state index >= 15 is 4.39 Å². The van der Waals surface area contributed by atoms with Gasteiger partial charge in [-0.25, -0.2) is 4.39 Å². The largest absolute Gasteiger partial charge is 0.378 e. The van der Waals surface area contributed by atoms with E-state index in [1.165, 1.54) is 0 Å². The molecule has 1 amide bonds. The third-order valence-electron chi connectivity index (χ3n) is 4.36. The molecule has 0 saturated carbocycles. The first-order chi connectivity index (χ1) is 10.7. The van der Waals surface area contributed by atoms with E-state index in [-0.39, 0.29) is 12.5 Å². The Morgan fingerprint density at radius 1 is 1.27 bits per heavy atom. The van der Waals surface area contributed by atoms with Gasteiger partial charge in [0.25, 0.3) is 5.91 Å². The molecule has 2 fully saturated rings. The minimum Gasteiger partial charge on any atom is -0.378 e. The van der Waals surface area contributed by atoms with Crippen molar-refractivity contribution < 1.29 is 13.9 Å². The van der Waals surface area contributed by atoms with Crippen LogP contribution in [0.4, 0.5) is 4.39 Å². The van der Waals surface area contributed by atoms with Crippen LogP contribution in [0, 0.1) is 0 Å². The van der Waals surface area contributed by atoms with Gasteiger partial charge in [0.05, 0.1) is 13.2 Å². The average molecular weight is 307 g/mol. The first kappa shape index (κ1) is 15.4. The molecular weight excluding hydrogens is 285 g/mol. The molecule has 1 aromatic rings. The Balaban J connectivity index is 1.64. The molecule has 0 bridgehead atoms. The third-order valence-corrected chi connectivity index (χ3v) is 4.36. The lowest BCUT2D eigenvalue weighted by molar-refractivity contribution is -0.152. The molecule has 2 aliphatic heterocycles. The SMILES string of the molecule is O=C(N1CCOCC1)[C@]1(F)CCCN(Cc2ccncc2)C1. The highest BCUT2D eigenvalue weighted by atomic mass is 19.1. The Morgan fingerprint density at radius 2 is 2.00 bits per heavy atom. The van der Waals surface area contributed by atoms with Crippen molar-refractivity contribution in [3.05, 3.63) is 30.1 Å². The number of amides is 1. The fourth-order valence-electron chi connectivity index (χ4n) is 3.20. The van der Waals surface area contributed by atoms with Crippen molar-refractivity contribution in [2.75, 3.05) is 39.4 Å². The lowest BCUT2D eigenvalue weighted by Gasteiger charge is -2.40. The highest BCUT2D eigenvalue weighted by Gasteiger charge is 2.45. The van der Waals surface area contributed by atoms with E-state index in [1.807, 2.05) is 17.0 Å².